The Balaban J connectivity index is 1.37. The van der Waals surface area contributed by atoms with Crippen molar-refractivity contribution < 1.29 is 32.9 Å². The van der Waals surface area contributed by atoms with Gasteiger partial charge in [-0.15, -0.1) is 0 Å². The Hall–Kier alpha value is -3.34. The van der Waals surface area contributed by atoms with Crippen molar-refractivity contribution in [3.05, 3.63) is 33.9 Å². The van der Waals surface area contributed by atoms with Crippen LogP contribution in [0.5, 0.6) is 5.75 Å². The maximum atomic E-state index is 15.7. The molecule has 2 aliphatic heterocycles. The minimum atomic E-state index is -0.948. The number of benzene rings is 1. The lowest BCUT2D eigenvalue weighted by molar-refractivity contribution is -0.000270. The zero-order valence-electron chi connectivity index (χ0n) is 21.4. The first-order valence-electron chi connectivity index (χ1n) is 12.5. The fourth-order valence-electron chi connectivity index (χ4n) is 5.10. The summed E-state index contributed by atoms with van der Waals surface area (Å²) in [5.74, 6) is -0.694. The first-order chi connectivity index (χ1) is 17.5. The number of amides is 1. The number of rotatable bonds is 5. The Morgan fingerprint density at radius 1 is 1.30 bits per heavy atom. The van der Waals surface area contributed by atoms with Gasteiger partial charge >= 0.3 is 12.2 Å². The number of anilines is 1. The molecule has 11 heteroatoms. The number of aromatic amines is 1. The molecular weight excluding hydrogens is 485 g/mol. The number of halogens is 1. The van der Waals surface area contributed by atoms with Gasteiger partial charge in [-0.25, -0.2) is 14.0 Å². The van der Waals surface area contributed by atoms with E-state index >= 15 is 4.39 Å². The van der Waals surface area contributed by atoms with Gasteiger partial charge in [0.15, 0.2) is 5.75 Å². The van der Waals surface area contributed by atoms with E-state index < -0.39 is 34.7 Å². The van der Waals surface area contributed by atoms with E-state index in [9.17, 15) is 14.4 Å². The maximum absolute atomic E-state index is 15.7. The Kier molecular flexibility index (Phi) is 6.29. The lowest BCUT2D eigenvalue weighted by atomic mass is 9.91. The fourth-order valence-corrected chi connectivity index (χ4v) is 5.10. The monoisotopic (exact) mass is 517 g/mol. The summed E-state index contributed by atoms with van der Waals surface area (Å²) in [6, 6.07) is 1.58. The number of nitrogens with zero attached hydrogens (tertiary/aromatic N) is 1. The molecule has 0 spiro atoms. The quantitative estimate of drug-likeness (QED) is 0.576. The SMILES string of the molecule is Cc1c(F)c(N2CC3CCOC3(CNC(=O)OC(C)(C)C)C2)cc2[nH]cc(OC(=O)OC3CC3)c(=O)c12. The van der Waals surface area contributed by atoms with Crippen LogP contribution in [-0.4, -0.2) is 60.8 Å². The molecule has 200 valence electrons. The smallest absolute Gasteiger partial charge is 0.444 e. The van der Waals surface area contributed by atoms with Crippen LogP contribution in [0.3, 0.4) is 0 Å². The predicted molar refractivity (Wildman–Crippen MR) is 133 cm³/mol. The average molecular weight is 518 g/mol. The van der Waals surface area contributed by atoms with E-state index in [0.717, 1.165) is 19.3 Å². The number of aromatic nitrogens is 1. The number of fused-ring (bicyclic) bond motifs is 2. The van der Waals surface area contributed by atoms with Gasteiger partial charge in [-0.2, -0.15) is 0 Å². The molecule has 5 rings (SSSR count). The predicted octanol–water partition coefficient (Wildman–Crippen LogP) is 3.77. The number of hydrogen-bond donors (Lipinski definition) is 2. The van der Waals surface area contributed by atoms with Gasteiger partial charge < -0.3 is 34.1 Å². The number of carbonyl (C=O) groups is 2. The molecule has 3 aliphatic rings. The highest BCUT2D eigenvalue weighted by Crippen LogP contribution is 2.42. The molecule has 3 heterocycles. The third-order valence-electron chi connectivity index (χ3n) is 7.04. The summed E-state index contributed by atoms with van der Waals surface area (Å²) in [4.78, 5) is 42.0. The van der Waals surface area contributed by atoms with Gasteiger partial charge in [0.1, 0.15) is 23.1 Å². The molecule has 2 saturated heterocycles. The van der Waals surface area contributed by atoms with Crippen molar-refractivity contribution in [3.8, 4) is 5.75 Å². The highest BCUT2D eigenvalue weighted by Gasteiger charge is 2.52. The largest absolute Gasteiger partial charge is 0.514 e. The van der Waals surface area contributed by atoms with Crippen LogP contribution in [0.1, 0.15) is 45.6 Å². The van der Waals surface area contributed by atoms with Crippen molar-refractivity contribution in [2.24, 2.45) is 5.92 Å². The third-order valence-corrected chi connectivity index (χ3v) is 7.04. The summed E-state index contributed by atoms with van der Waals surface area (Å²) in [6.45, 7) is 8.61. The standard InChI is InChI=1S/C26H32FN3O7/c1-14-20-17(28-10-19(22(20)31)36-24(33)35-16-5-6-16)9-18(21(14)27)30-11-15-7-8-34-26(15,13-30)12-29-23(32)37-25(2,3)4/h9-10,15-16H,5-8,11-13H2,1-4H3,(H,28,31)(H,29,32). The minimum Gasteiger partial charge on any atom is -0.444 e. The number of aryl methyl sites for hydroxylation is 1. The Morgan fingerprint density at radius 2 is 2.05 bits per heavy atom. The van der Waals surface area contributed by atoms with Gasteiger partial charge in [-0.3, -0.25) is 4.79 Å². The zero-order valence-corrected chi connectivity index (χ0v) is 21.4. The van der Waals surface area contributed by atoms with E-state index in [4.69, 9.17) is 18.9 Å². The molecule has 1 amide bonds. The summed E-state index contributed by atoms with van der Waals surface area (Å²) >= 11 is 0. The van der Waals surface area contributed by atoms with Gasteiger partial charge in [0, 0.05) is 37.4 Å². The fraction of sp³-hybridized carbons (Fsp3) is 0.577. The van der Waals surface area contributed by atoms with E-state index in [0.29, 0.717) is 30.9 Å². The third kappa shape index (κ3) is 5.09. The Labute approximate surface area is 213 Å². The first kappa shape index (κ1) is 25.3. The molecule has 10 nitrogen and oxygen atoms in total. The van der Waals surface area contributed by atoms with Crippen LogP contribution < -0.4 is 20.4 Å². The lowest BCUT2D eigenvalue weighted by Gasteiger charge is -2.30. The molecule has 2 unspecified atom stereocenters. The summed E-state index contributed by atoms with van der Waals surface area (Å²) in [5, 5.41) is 2.92. The van der Waals surface area contributed by atoms with Crippen molar-refractivity contribution in [1.29, 1.82) is 0 Å². The van der Waals surface area contributed by atoms with E-state index in [2.05, 4.69) is 10.3 Å². The van der Waals surface area contributed by atoms with Gasteiger partial charge in [0.2, 0.25) is 5.43 Å². The number of alkyl carbamates (subject to hydrolysis) is 1. The highest BCUT2D eigenvalue weighted by molar-refractivity contribution is 5.87. The van der Waals surface area contributed by atoms with Crippen LogP contribution in [-0.2, 0) is 14.2 Å². The highest BCUT2D eigenvalue weighted by atomic mass is 19.1. The van der Waals surface area contributed by atoms with Crippen LogP contribution in [0.15, 0.2) is 17.1 Å². The molecule has 0 radical (unpaired) electrons. The van der Waals surface area contributed by atoms with Crippen molar-refractivity contribution in [2.45, 2.75) is 64.3 Å². The second-order valence-corrected chi connectivity index (χ2v) is 11.0. The Morgan fingerprint density at radius 3 is 2.76 bits per heavy atom. The number of pyridine rings is 1. The first-order valence-corrected chi connectivity index (χ1v) is 12.5. The van der Waals surface area contributed by atoms with Gasteiger partial charge in [0.05, 0.1) is 23.1 Å². The second kappa shape index (κ2) is 9.20. The Bertz CT molecular complexity index is 1300. The molecule has 0 bridgehead atoms. The van der Waals surface area contributed by atoms with Gasteiger partial charge in [-0.05, 0) is 53.0 Å². The van der Waals surface area contributed by atoms with Crippen LogP contribution in [0.25, 0.3) is 10.9 Å². The number of hydrogen-bond acceptors (Lipinski definition) is 8. The molecule has 1 aliphatic carbocycles. The normalized spacial score (nSPS) is 23.2. The van der Waals surface area contributed by atoms with E-state index in [1.165, 1.54) is 13.1 Å². The topological polar surface area (TPSA) is 119 Å². The summed E-state index contributed by atoms with van der Waals surface area (Å²) in [7, 11) is 0. The van der Waals surface area contributed by atoms with Crippen LogP contribution in [0.2, 0.25) is 0 Å². The number of H-pyrrole nitrogens is 1. The summed E-state index contributed by atoms with van der Waals surface area (Å²) in [5.41, 5.74) is -0.986. The molecule has 2 atom stereocenters. The molecule has 3 fully saturated rings. The van der Waals surface area contributed by atoms with E-state index in [1.807, 2.05) is 4.90 Å². The zero-order chi connectivity index (χ0) is 26.5. The van der Waals surface area contributed by atoms with Crippen LogP contribution in [0, 0.1) is 18.7 Å². The van der Waals surface area contributed by atoms with Crippen LogP contribution in [0.4, 0.5) is 19.7 Å². The summed E-state index contributed by atoms with van der Waals surface area (Å²) < 4.78 is 37.2. The minimum absolute atomic E-state index is 0.0881. The van der Waals surface area contributed by atoms with Crippen molar-refractivity contribution in [3.63, 3.8) is 0 Å². The molecular formula is C26H32FN3O7. The average Bonchev–Trinajstić information content (AvgIpc) is 3.41. The number of carbonyl (C=O) groups excluding carboxylic acids is 2. The molecule has 1 aromatic carbocycles. The molecule has 2 aromatic rings. The van der Waals surface area contributed by atoms with Crippen LogP contribution >= 0.6 is 0 Å². The molecule has 1 saturated carbocycles. The van der Waals surface area contributed by atoms with E-state index in [-0.39, 0.29) is 35.3 Å². The summed E-state index contributed by atoms with van der Waals surface area (Å²) in [6.07, 6.45) is 1.98. The molecule has 37 heavy (non-hydrogen) atoms. The van der Waals surface area contributed by atoms with Crippen molar-refractivity contribution in [2.75, 3.05) is 31.1 Å². The van der Waals surface area contributed by atoms with Gasteiger partial charge in [0.25, 0.3) is 0 Å². The number of ether oxygens (including phenoxy) is 4. The number of nitrogens with one attached hydrogen (secondary N) is 2. The lowest BCUT2D eigenvalue weighted by Crippen LogP contribution is -2.49. The molecule has 2 N–H and O–H groups in total. The van der Waals surface area contributed by atoms with Crippen molar-refractivity contribution in [1.82, 2.24) is 10.3 Å². The van der Waals surface area contributed by atoms with Crippen molar-refractivity contribution >= 4 is 28.8 Å². The van der Waals surface area contributed by atoms with Gasteiger partial charge in [-0.1, -0.05) is 0 Å². The molecule has 1 aromatic heterocycles. The second-order valence-electron chi connectivity index (χ2n) is 11.0. The van der Waals surface area contributed by atoms with E-state index in [1.54, 1.807) is 26.8 Å². The maximum Gasteiger partial charge on any atom is 0.514 e.